The SMILES string of the molecule is Cc1cccc(-c2nnc(CCS)o2)c1. The first-order valence-corrected chi connectivity index (χ1v) is 5.43. The Kier molecular flexibility index (Phi) is 3.06. The second-order valence-electron chi connectivity index (χ2n) is 3.34. The molecule has 1 aromatic heterocycles. The normalized spacial score (nSPS) is 10.5. The molecule has 0 aliphatic rings. The van der Waals surface area contributed by atoms with E-state index in [9.17, 15) is 0 Å². The molecule has 0 atom stereocenters. The standard InChI is InChI=1S/C11H12N2OS/c1-8-3-2-4-9(7-8)11-13-12-10(14-11)5-6-15/h2-4,7,15H,5-6H2,1H3. The van der Waals surface area contributed by atoms with E-state index in [1.54, 1.807) is 0 Å². The molecule has 0 aliphatic carbocycles. The van der Waals surface area contributed by atoms with Crippen LogP contribution in [0.5, 0.6) is 0 Å². The molecule has 0 amide bonds. The molecule has 78 valence electrons. The molecular formula is C11H12N2OS. The second-order valence-corrected chi connectivity index (χ2v) is 3.79. The van der Waals surface area contributed by atoms with Crippen molar-refractivity contribution in [1.82, 2.24) is 10.2 Å². The number of aryl methyl sites for hydroxylation is 2. The summed E-state index contributed by atoms with van der Waals surface area (Å²) >= 11 is 4.12. The van der Waals surface area contributed by atoms with Crippen LogP contribution in [0.15, 0.2) is 28.7 Å². The van der Waals surface area contributed by atoms with Crippen molar-refractivity contribution in [1.29, 1.82) is 0 Å². The van der Waals surface area contributed by atoms with Crippen molar-refractivity contribution in [2.45, 2.75) is 13.3 Å². The van der Waals surface area contributed by atoms with Gasteiger partial charge in [-0.15, -0.1) is 10.2 Å². The third-order valence-corrected chi connectivity index (χ3v) is 2.28. The number of aromatic nitrogens is 2. The molecule has 0 N–H and O–H groups in total. The van der Waals surface area contributed by atoms with Gasteiger partial charge < -0.3 is 4.42 Å². The van der Waals surface area contributed by atoms with Gasteiger partial charge in [0.2, 0.25) is 11.8 Å². The van der Waals surface area contributed by atoms with Gasteiger partial charge in [-0.2, -0.15) is 12.6 Å². The quantitative estimate of drug-likeness (QED) is 0.808. The molecule has 3 nitrogen and oxygen atoms in total. The average Bonchev–Trinajstić information content (AvgIpc) is 2.67. The van der Waals surface area contributed by atoms with Crippen LogP contribution in [0.4, 0.5) is 0 Å². The minimum Gasteiger partial charge on any atom is -0.421 e. The maximum Gasteiger partial charge on any atom is 0.247 e. The predicted octanol–water partition coefficient (Wildman–Crippen LogP) is 2.52. The summed E-state index contributed by atoms with van der Waals surface area (Å²) in [6, 6.07) is 8.00. The number of rotatable bonds is 3. The van der Waals surface area contributed by atoms with E-state index in [4.69, 9.17) is 4.42 Å². The molecule has 0 radical (unpaired) electrons. The van der Waals surface area contributed by atoms with E-state index in [0.717, 1.165) is 11.3 Å². The topological polar surface area (TPSA) is 38.9 Å². The summed E-state index contributed by atoms with van der Waals surface area (Å²) in [7, 11) is 0. The van der Waals surface area contributed by atoms with Crippen molar-refractivity contribution < 1.29 is 4.42 Å². The van der Waals surface area contributed by atoms with E-state index in [-0.39, 0.29) is 0 Å². The summed E-state index contributed by atoms with van der Waals surface area (Å²) in [5, 5.41) is 7.94. The van der Waals surface area contributed by atoms with E-state index >= 15 is 0 Å². The Morgan fingerprint density at radius 2 is 2.20 bits per heavy atom. The van der Waals surface area contributed by atoms with Crippen LogP contribution >= 0.6 is 12.6 Å². The van der Waals surface area contributed by atoms with Crippen LogP contribution in [0.3, 0.4) is 0 Å². The van der Waals surface area contributed by atoms with Gasteiger partial charge in [0.15, 0.2) is 0 Å². The van der Waals surface area contributed by atoms with Crippen LogP contribution in [-0.4, -0.2) is 16.0 Å². The van der Waals surface area contributed by atoms with Gasteiger partial charge in [0, 0.05) is 12.0 Å². The number of hydrogen-bond acceptors (Lipinski definition) is 4. The highest BCUT2D eigenvalue weighted by Crippen LogP contribution is 2.18. The smallest absolute Gasteiger partial charge is 0.247 e. The third-order valence-electron chi connectivity index (χ3n) is 2.06. The molecule has 0 saturated carbocycles. The zero-order valence-corrected chi connectivity index (χ0v) is 9.37. The fourth-order valence-electron chi connectivity index (χ4n) is 1.35. The van der Waals surface area contributed by atoms with Gasteiger partial charge in [-0.25, -0.2) is 0 Å². The zero-order valence-electron chi connectivity index (χ0n) is 8.47. The predicted molar refractivity (Wildman–Crippen MR) is 62.0 cm³/mol. The van der Waals surface area contributed by atoms with Crippen molar-refractivity contribution in [2.75, 3.05) is 5.75 Å². The van der Waals surface area contributed by atoms with Crippen LogP contribution in [0.2, 0.25) is 0 Å². The van der Waals surface area contributed by atoms with E-state index < -0.39 is 0 Å². The molecule has 0 aliphatic heterocycles. The largest absolute Gasteiger partial charge is 0.421 e. The number of hydrogen-bond donors (Lipinski definition) is 1. The summed E-state index contributed by atoms with van der Waals surface area (Å²) < 4.78 is 5.49. The molecule has 1 heterocycles. The summed E-state index contributed by atoms with van der Waals surface area (Å²) in [4.78, 5) is 0. The Morgan fingerprint density at radius 1 is 1.33 bits per heavy atom. The monoisotopic (exact) mass is 220 g/mol. The number of benzene rings is 1. The van der Waals surface area contributed by atoms with Crippen molar-refractivity contribution in [2.24, 2.45) is 0 Å². The van der Waals surface area contributed by atoms with Crippen LogP contribution in [-0.2, 0) is 6.42 Å². The Balaban J connectivity index is 2.29. The lowest BCUT2D eigenvalue weighted by molar-refractivity contribution is 0.514. The highest BCUT2D eigenvalue weighted by molar-refractivity contribution is 7.80. The minimum atomic E-state index is 0.579. The van der Waals surface area contributed by atoms with E-state index in [2.05, 4.69) is 22.8 Å². The van der Waals surface area contributed by atoms with Gasteiger partial charge in [0.05, 0.1) is 0 Å². The van der Waals surface area contributed by atoms with Gasteiger partial charge in [-0.1, -0.05) is 17.7 Å². The molecule has 4 heteroatoms. The minimum absolute atomic E-state index is 0.579. The Morgan fingerprint density at radius 3 is 2.93 bits per heavy atom. The summed E-state index contributed by atoms with van der Waals surface area (Å²) in [5.74, 6) is 1.94. The first-order valence-electron chi connectivity index (χ1n) is 4.80. The lowest BCUT2D eigenvalue weighted by Gasteiger charge is -1.95. The summed E-state index contributed by atoms with van der Waals surface area (Å²) in [6.45, 7) is 2.04. The van der Waals surface area contributed by atoms with Gasteiger partial charge in [-0.3, -0.25) is 0 Å². The van der Waals surface area contributed by atoms with Gasteiger partial charge >= 0.3 is 0 Å². The maximum absolute atomic E-state index is 5.49. The molecule has 2 rings (SSSR count). The lowest BCUT2D eigenvalue weighted by atomic mass is 10.1. The third kappa shape index (κ3) is 2.39. The Bertz CT molecular complexity index is 453. The molecule has 0 unspecified atom stereocenters. The molecule has 0 bridgehead atoms. The van der Waals surface area contributed by atoms with Gasteiger partial charge in [-0.05, 0) is 24.8 Å². The van der Waals surface area contributed by atoms with Crippen LogP contribution in [0, 0.1) is 6.92 Å². The summed E-state index contributed by atoms with van der Waals surface area (Å²) in [6.07, 6.45) is 0.710. The highest BCUT2D eigenvalue weighted by atomic mass is 32.1. The fraction of sp³-hybridized carbons (Fsp3) is 0.273. The summed E-state index contributed by atoms with van der Waals surface area (Å²) in [5.41, 5.74) is 2.15. The molecule has 1 aromatic carbocycles. The van der Waals surface area contributed by atoms with Crippen LogP contribution in [0.25, 0.3) is 11.5 Å². The second kappa shape index (κ2) is 4.49. The van der Waals surface area contributed by atoms with Crippen LogP contribution < -0.4 is 0 Å². The van der Waals surface area contributed by atoms with Crippen molar-refractivity contribution in [3.05, 3.63) is 35.7 Å². The Labute approximate surface area is 93.9 Å². The zero-order chi connectivity index (χ0) is 10.7. The first-order chi connectivity index (χ1) is 7.29. The van der Waals surface area contributed by atoms with Crippen molar-refractivity contribution in [3.8, 4) is 11.5 Å². The van der Waals surface area contributed by atoms with Crippen molar-refractivity contribution >= 4 is 12.6 Å². The highest BCUT2D eigenvalue weighted by Gasteiger charge is 2.07. The van der Waals surface area contributed by atoms with Gasteiger partial charge in [0.1, 0.15) is 0 Å². The lowest BCUT2D eigenvalue weighted by Crippen LogP contribution is -1.84. The molecular weight excluding hydrogens is 208 g/mol. The number of thiol groups is 1. The van der Waals surface area contributed by atoms with Crippen LogP contribution in [0.1, 0.15) is 11.5 Å². The van der Waals surface area contributed by atoms with Gasteiger partial charge in [0.25, 0.3) is 0 Å². The van der Waals surface area contributed by atoms with Crippen molar-refractivity contribution in [3.63, 3.8) is 0 Å². The maximum atomic E-state index is 5.49. The number of nitrogens with zero attached hydrogens (tertiary/aromatic N) is 2. The van der Waals surface area contributed by atoms with E-state index in [1.165, 1.54) is 5.56 Å². The van der Waals surface area contributed by atoms with E-state index in [1.807, 2.05) is 31.2 Å². The molecule has 0 saturated heterocycles. The molecule has 15 heavy (non-hydrogen) atoms. The molecule has 0 spiro atoms. The Hall–Kier alpha value is -1.29. The first kappa shape index (κ1) is 10.2. The fourth-order valence-corrected chi connectivity index (χ4v) is 1.54. The average molecular weight is 220 g/mol. The molecule has 0 fully saturated rings. The van der Waals surface area contributed by atoms with E-state index in [0.29, 0.717) is 18.2 Å². The molecule has 2 aromatic rings.